The van der Waals surface area contributed by atoms with Crippen LogP contribution in [0.25, 0.3) is 0 Å². The van der Waals surface area contributed by atoms with Crippen molar-refractivity contribution in [2.75, 3.05) is 6.54 Å². The van der Waals surface area contributed by atoms with E-state index in [0.717, 1.165) is 21.2 Å². The fourth-order valence-electron chi connectivity index (χ4n) is 4.17. The summed E-state index contributed by atoms with van der Waals surface area (Å²) >= 11 is 3.49. The molecular weight excluding hydrogens is 418 g/mol. The number of hydrogen-bond acceptors (Lipinski definition) is 3. The highest BCUT2D eigenvalue weighted by atomic mass is 79.9. The van der Waals surface area contributed by atoms with Gasteiger partial charge >= 0.3 is 6.09 Å². The van der Waals surface area contributed by atoms with Gasteiger partial charge in [0.15, 0.2) is 0 Å². The Morgan fingerprint density at radius 3 is 2.50 bits per heavy atom. The first-order valence-corrected chi connectivity index (χ1v) is 10.4. The van der Waals surface area contributed by atoms with Crippen LogP contribution in [0.4, 0.5) is 4.79 Å². The van der Waals surface area contributed by atoms with Crippen LogP contribution in [0.3, 0.4) is 0 Å². The van der Waals surface area contributed by atoms with E-state index < -0.39 is 11.2 Å². The summed E-state index contributed by atoms with van der Waals surface area (Å²) in [6, 6.07) is 15.8. The molecule has 1 heterocycles. The fraction of sp³-hybridized carbons (Fsp3) is 0.435. The zero-order valence-electron chi connectivity index (χ0n) is 16.9. The molecule has 0 aliphatic carbocycles. The summed E-state index contributed by atoms with van der Waals surface area (Å²) in [5.74, 6) is 0. The summed E-state index contributed by atoms with van der Waals surface area (Å²) in [6.45, 7) is 8.16. The van der Waals surface area contributed by atoms with Crippen molar-refractivity contribution in [3.05, 3.63) is 69.7 Å². The molecular formula is C23H28BrNO3. The molecule has 1 aliphatic rings. The monoisotopic (exact) mass is 445 g/mol. The van der Waals surface area contributed by atoms with E-state index in [-0.39, 0.29) is 12.1 Å². The first kappa shape index (κ1) is 20.9. The van der Waals surface area contributed by atoms with Gasteiger partial charge in [0.1, 0.15) is 5.60 Å². The Morgan fingerprint density at radius 2 is 1.93 bits per heavy atom. The highest BCUT2D eigenvalue weighted by Gasteiger charge is 2.46. The number of halogens is 1. The standard InChI is InChI=1S/C23H28BrNO3/c1-16-14-19(24)10-11-20(16)17(2)25-13-12-23(28-21(25)26,15-22(3,4)27)18-8-6-5-7-9-18/h5-11,14,17,27H,12-13,15H2,1-4H3/t17-,23?/m0/s1. The normalized spacial score (nSPS) is 21.4. The molecule has 0 aromatic heterocycles. The van der Waals surface area contributed by atoms with Crippen LogP contribution in [0.1, 0.15) is 56.3 Å². The maximum atomic E-state index is 13.1. The Morgan fingerprint density at radius 1 is 1.25 bits per heavy atom. The second-order valence-electron chi connectivity index (χ2n) is 8.34. The predicted octanol–water partition coefficient (Wildman–Crippen LogP) is 5.72. The average molecular weight is 446 g/mol. The third-order valence-corrected chi connectivity index (χ3v) is 5.93. The number of benzene rings is 2. The summed E-state index contributed by atoms with van der Waals surface area (Å²) < 4.78 is 7.10. The van der Waals surface area contributed by atoms with Gasteiger partial charge in [0, 0.05) is 23.9 Å². The lowest BCUT2D eigenvalue weighted by Gasteiger charge is -2.45. The number of carbonyl (C=O) groups excluding carboxylic acids is 1. The maximum absolute atomic E-state index is 13.1. The minimum atomic E-state index is -0.952. The average Bonchev–Trinajstić information content (AvgIpc) is 2.61. The van der Waals surface area contributed by atoms with E-state index in [4.69, 9.17) is 4.74 Å². The summed E-state index contributed by atoms with van der Waals surface area (Å²) in [6.07, 6.45) is 0.649. The fourth-order valence-corrected chi connectivity index (χ4v) is 4.64. The van der Waals surface area contributed by atoms with Crippen LogP contribution in [-0.2, 0) is 10.3 Å². The number of aryl methyl sites for hydroxylation is 1. The number of amides is 1. The summed E-state index contributed by atoms with van der Waals surface area (Å²) in [5.41, 5.74) is 1.40. The Bertz CT molecular complexity index is 847. The van der Waals surface area contributed by atoms with E-state index >= 15 is 0 Å². The molecule has 1 unspecified atom stereocenters. The Balaban J connectivity index is 1.88. The highest BCUT2D eigenvalue weighted by Crippen LogP contribution is 2.42. The third-order valence-electron chi connectivity index (χ3n) is 5.44. The Kier molecular flexibility index (Phi) is 5.87. The minimum Gasteiger partial charge on any atom is -0.438 e. The first-order valence-electron chi connectivity index (χ1n) is 9.65. The second kappa shape index (κ2) is 7.88. The van der Waals surface area contributed by atoms with E-state index in [0.29, 0.717) is 19.4 Å². The van der Waals surface area contributed by atoms with E-state index in [2.05, 4.69) is 28.9 Å². The smallest absolute Gasteiger partial charge is 0.411 e. The molecule has 4 nitrogen and oxygen atoms in total. The molecule has 0 bridgehead atoms. The van der Waals surface area contributed by atoms with Gasteiger partial charge in [0.05, 0.1) is 11.6 Å². The molecule has 0 saturated carbocycles. The van der Waals surface area contributed by atoms with E-state index in [1.165, 1.54) is 0 Å². The van der Waals surface area contributed by atoms with Crippen LogP contribution in [0.15, 0.2) is 53.0 Å². The molecule has 2 aromatic rings. The Labute approximate surface area is 175 Å². The lowest BCUT2D eigenvalue weighted by Crippen LogP contribution is -2.51. The van der Waals surface area contributed by atoms with E-state index in [1.807, 2.05) is 49.4 Å². The van der Waals surface area contributed by atoms with Crippen molar-refractivity contribution in [3.8, 4) is 0 Å². The number of ether oxygens (including phenoxy) is 1. The van der Waals surface area contributed by atoms with Gasteiger partial charge in [-0.25, -0.2) is 4.79 Å². The van der Waals surface area contributed by atoms with Crippen LogP contribution >= 0.6 is 15.9 Å². The number of hydrogen-bond donors (Lipinski definition) is 1. The lowest BCUT2D eigenvalue weighted by atomic mass is 9.80. The van der Waals surface area contributed by atoms with Gasteiger partial charge in [-0.05, 0) is 56.5 Å². The largest absolute Gasteiger partial charge is 0.438 e. The molecule has 2 atom stereocenters. The van der Waals surface area contributed by atoms with Crippen LogP contribution < -0.4 is 0 Å². The molecule has 150 valence electrons. The van der Waals surface area contributed by atoms with Crippen molar-refractivity contribution < 1.29 is 14.6 Å². The minimum absolute atomic E-state index is 0.0866. The van der Waals surface area contributed by atoms with Gasteiger partial charge in [-0.2, -0.15) is 0 Å². The molecule has 0 spiro atoms. The molecule has 1 saturated heterocycles. The van der Waals surface area contributed by atoms with Crippen LogP contribution in [0.5, 0.6) is 0 Å². The lowest BCUT2D eigenvalue weighted by molar-refractivity contribution is -0.101. The van der Waals surface area contributed by atoms with Crippen molar-refractivity contribution in [2.45, 2.75) is 57.8 Å². The van der Waals surface area contributed by atoms with Gasteiger partial charge in [-0.1, -0.05) is 52.3 Å². The summed E-state index contributed by atoms with van der Waals surface area (Å²) in [5, 5.41) is 10.5. The number of aliphatic hydroxyl groups is 1. The molecule has 3 rings (SSSR count). The summed E-state index contributed by atoms with van der Waals surface area (Å²) in [7, 11) is 0. The van der Waals surface area contributed by atoms with Crippen molar-refractivity contribution >= 4 is 22.0 Å². The zero-order chi connectivity index (χ0) is 20.5. The molecule has 1 aliphatic heterocycles. The molecule has 0 radical (unpaired) electrons. The van der Waals surface area contributed by atoms with Crippen LogP contribution in [0.2, 0.25) is 0 Å². The van der Waals surface area contributed by atoms with Gasteiger partial charge < -0.3 is 14.7 Å². The number of cyclic esters (lactones) is 1. The SMILES string of the molecule is Cc1cc(Br)ccc1[C@H](C)N1CCC(CC(C)(C)O)(c2ccccc2)OC1=O. The number of carbonyl (C=O) groups is 1. The third kappa shape index (κ3) is 4.41. The maximum Gasteiger partial charge on any atom is 0.411 e. The number of nitrogens with zero attached hydrogens (tertiary/aromatic N) is 1. The zero-order valence-corrected chi connectivity index (χ0v) is 18.5. The molecule has 2 aromatic carbocycles. The molecule has 1 N–H and O–H groups in total. The van der Waals surface area contributed by atoms with Crippen molar-refractivity contribution in [2.24, 2.45) is 0 Å². The van der Waals surface area contributed by atoms with E-state index in [9.17, 15) is 9.90 Å². The van der Waals surface area contributed by atoms with Crippen molar-refractivity contribution in [1.29, 1.82) is 0 Å². The number of rotatable bonds is 5. The topological polar surface area (TPSA) is 49.8 Å². The van der Waals surface area contributed by atoms with Crippen LogP contribution in [0, 0.1) is 6.92 Å². The van der Waals surface area contributed by atoms with Crippen LogP contribution in [-0.4, -0.2) is 28.2 Å². The quantitative estimate of drug-likeness (QED) is 0.640. The predicted molar refractivity (Wildman–Crippen MR) is 114 cm³/mol. The first-order chi connectivity index (χ1) is 13.1. The van der Waals surface area contributed by atoms with Crippen molar-refractivity contribution in [3.63, 3.8) is 0 Å². The van der Waals surface area contributed by atoms with Gasteiger partial charge in [-0.15, -0.1) is 0 Å². The molecule has 5 heteroatoms. The second-order valence-corrected chi connectivity index (χ2v) is 9.25. The molecule has 1 fully saturated rings. The molecule has 28 heavy (non-hydrogen) atoms. The van der Waals surface area contributed by atoms with E-state index in [1.54, 1.807) is 18.7 Å². The van der Waals surface area contributed by atoms with Gasteiger partial charge in [-0.3, -0.25) is 0 Å². The highest BCUT2D eigenvalue weighted by molar-refractivity contribution is 9.10. The van der Waals surface area contributed by atoms with Crippen molar-refractivity contribution in [1.82, 2.24) is 4.90 Å². The Hall–Kier alpha value is -1.85. The van der Waals surface area contributed by atoms with Gasteiger partial charge in [0.2, 0.25) is 0 Å². The van der Waals surface area contributed by atoms with Gasteiger partial charge in [0.25, 0.3) is 0 Å². The summed E-state index contributed by atoms with van der Waals surface area (Å²) in [4.78, 5) is 14.9. The molecule has 1 amide bonds.